The molecule has 6 heteroatoms. The first-order valence-electron chi connectivity index (χ1n) is 5.20. The molecular weight excluding hydrogens is 236 g/mol. The molecule has 2 amide bonds. The molecule has 2 N–H and O–H groups in total. The predicted molar refractivity (Wildman–Crippen MR) is 65.2 cm³/mol. The van der Waals surface area contributed by atoms with Crippen molar-refractivity contribution in [3.05, 3.63) is 28.8 Å². The molecule has 0 aliphatic heterocycles. The van der Waals surface area contributed by atoms with Crippen molar-refractivity contribution in [2.75, 3.05) is 21.2 Å². The molecule has 0 atom stereocenters. The predicted octanol–water partition coefficient (Wildman–Crippen LogP) is 0.227. The molecule has 1 aromatic carbocycles. The molecule has 0 heterocycles. The number of rotatable bonds is 4. The van der Waals surface area contributed by atoms with Crippen molar-refractivity contribution < 1.29 is 19.1 Å². The van der Waals surface area contributed by atoms with Crippen molar-refractivity contribution in [3.8, 4) is 5.75 Å². The normalized spacial score (nSPS) is 9.50. The zero-order valence-electron chi connectivity index (χ0n) is 10.4. The Kier molecular flexibility index (Phi) is 4.42. The summed E-state index contributed by atoms with van der Waals surface area (Å²) in [5, 5.41) is 4.85. The molecule has 18 heavy (non-hydrogen) atoms. The average Bonchev–Trinajstić information content (AvgIpc) is 2.43. The number of amides is 2. The number of benzene rings is 1. The Morgan fingerprint density at radius 2 is 1.56 bits per heavy atom. The molecule has 1 rings (SSSR count). The van der Waals surface area contributed by atoms with Crippen molar-refractivity contribution in [3.63, 3.8) is 0 Å². The molecule has 0 aliphatic rings. The molecule has 6 nitrogen and oxygen atoms in total. The molecule has 0 spiro atoms. The summed E-state index contributed by atoms with van der Waals surface area (Å²) in [6.07, 6.45) is 0.568. The number of carbonyl (C=O) groups excluding carboxylic acids is 3. The fourth-order valence-electron chi connectivity index (χ4n) is 1.55. The summed E-state index contributed by atoms with van der Waals surface area (Å²) in [5.74, 6) is -0.722. The summed E-state index contributed by atoms with van der Waals surface area (Å²) in [5.41, 5.74) is 0.513. The fourth-order valence-corrected chi connectivity index (χ4v) is 1.55. The maximum Gasteiger partial charge on any atom is 0.254 e. The molecule has 0 unspecified atom stereocenters. The quantitative estimate of drug-likeness (QED) is 0.749. The molecule has 0 saturated carbocycles. The minimum Gasteiger partial charge on any atom is -0.495 e. The highest BCUT2D eigenvalue weighted by molar-refractivity contribution is 6.05. The van der Waals surface area contributed by atoms with E-state index in [4.69, 9.17) is 4.74 Å². The number of ether oxygens (including phenoxy) is 1. The number of hydrogen-bond donors (Lipinski definition) is 2. The van der Waals surface area contributed by atoms with Gasteiger partial charge in [-0.25, -0.2) is 0 Å². The van der Waals surface area contributed by atoms with Crippen LogP contribution >= 0.6 is 0 Å². The van der Waals surface area contributed by atoms with Gasteiger partial charge in [0.05, 0.1) is 18.2 Å². The van der Waals surface area contributed by atoms with E-state index in [1.807, 2.05) is 0 Å². The first-order chi connectivity index (χ1) is 8.58. The van der Waals surface area contributed by atoms with Crippen LogP contribution in [0.15, 0.2) is 12.1 Å². The lowest BCUT2D eigenvalue weighted by Crippen LogP contribution is -2.23. The van der Waals surface area contributed by atoms with E-state index in [9.17, 15) is 14.4 Å². The first-order valence-corrected chi connectivity index (χ1v) is 5.20. The van der Waals surface area contributed by atoms with Crippen molar-refractivity contribution in [2.45, 2.75) is 0 Å². The van der Waals surface area contributed by atoms with Crippen LogP contribution in [0.5, 0.6) is 5.75 Å². The fraction of sp³-hybridized carbons (Fsp3) is 0.250. The van der Waals surface area contributed by atoms with E-state index in [-0.39, 0.29) is 22.4 Å². The number of aldehydes is 1. The van der Waals surface area contributed by atoms with Crippen molar-refractivity contribution in [2.24, 2.45) is 0 Å². The Balaban J connectivity index is 3.54. The maximum atomic E-state index is 11.7. The topological polar surface area (TPSA) is 84.5 Å². The molecule has 0 fully saturated rings. The summed E-state index contributed by atoms with van der Waals surface area (Å²) in [7, 11) is 4.26. The van der Waals surface area contributed by atoms with E-state index in [1.54, 1.807) is 0 Å². The molecule has 0 saturated heterocycles. The first kappa shape index (κ1) is 13.7. The van der Waals surface area contributed by atoms with Gasteiger partial charge in [-0.1, -0.05) is 0 Å². The minimum atomic E-state index is -0.430. The van der Waals surface area contributed by atoms with Crippen LogP contribution in [0.25, 0.3) is 0 Å². The third kappa shape index (κ3) is 2.48. The second-order valence-electron chi connectivity index (χ2n) is 3.43. The van der Waals surface area contributed by atoms with Gasteiger partial charge in [-0.2, -0.15) is 0 Å². The van der Waals surface area contributed by atoms with Crippen LogP contribution in [-0.4, -0.2) is 39.3 Å². The van der Waals surface area contributed by atoms with E-state index in [0.717, 1.165) is 0 Å². The van der Waals surface area contributed by atoms with Crippen molar-refractivity contribution in [1.29, 1.82) is 0 Å². The average molecular weight is 250 g/mol. The lowest BCUT2D eigenvalue weighted by molar-refractivity contribution is 0.0957. The Bertz CT molecular complexity index is 460. The zero-order chi connectivity index (χ0) is 13.7. The van der Waals surface area contributed by atoms with Gasteiger partial charge in [-0.15, -0.1) is 0 Å². The lowest BCUT2D eigenvalue weighted by Gasteiger charge is -2.12. The van der Waals surface area contributed by atoms with Crippen LogP contribution in [0.1, 0.15) is 31.1 Å². The second kappa shape index (κ2) is 5.81. The van der Waals surface area contributed by atoms with Gasteiger partial charge in [0.2, 0.25) is 0 Å². The summed E-state index contributed by atoms with van der Waals surface area (Å²) in [6, 6.07) is 2.74. The van der Waals surface area contributed by atoms with Gasteiger partial charge in [0, 0.05) is 19.7 Å². The van der Waals surface area contributed by atoms with Crippen LogP contribution in [0.4, 0.5) is 0 Å². The lowest BCUT2D eigenvalue weighted by atomic mass is 10.0. The summed E-state index contributed by atoms with van der Waals surface area (Å²) in [6.45, 7) is 0. The molecule has 96 valence electrons. The Hall–Kier alpha value is -2.37. The Morgan fingerprint density at radius 1 is 1.11 bits per heavy atom. The van der Waals surface area contributed by atoms with E-state index in [0.29, 0.717) is 6.29 Å². The van der Waals surface area contributed by atoms with E-state index in [2.05, 4.69) is 10.6 Å². The van der Waals surface area contributed by atoms with Gasteiger partial charge < -0.3 is 15.4 Å². The number of nitrogens with one attached hydrogen (secondary N) is 2. The van der Waals surface area contributed by atoms with E-state index in [1.165, 1.54) is 33.3 Å². The monoisotopic (exact) mass is 250 g/mol. The number of methoxy groups -OCH3 is 1. The van der Waals surface area contributed by atoms with Crippen molar-refractivity contribution >= 4 is 18.1 Å². The van der Waals surface area contributed by atoms with Crippen molar-refractivity contribution in [1.82, 2.24) is 10.6 Å². The Morgan fingerprint density at radius 3 is 1.83 bits per heavy atom. The van der Waals surface area contributed by atoms with Gasteiger partial charge in [0.1, 0.15) is 12.0 Å². The van der Waals surface area contributed by atoms with Crippen LogP contribution < -0.4 is 15.4 Å². The smallest absolute Gasteiger partial charge is 0.254 e. The SMILES string of the molecule is CNC(=O)c1cc(C=O)cc(C(=O)NC)c1OC. The molecule has 0 aromatic heterocycles. The third-order valence-electron chi connectivity index (χ3n) is 2.39. The van der Waals surface area contributed by atoms with E-state index < -0.39 is 11.8 Å². The molecule has 0 aliphatic carbocycles. The van der Waals surface area contributed by atoms with Gasteiger partial charge >= 0.3 is 0 Å². The number of carbonyl (C=O) groups is 3. The summed E-state index contributed by atoms with van der Waals surface area (Å²) >= 11 is 0. The van der Waals surface area contributed by atoms with Gasteiger partial charge in [0.15, 0.2) is 0 Å². The van der Waals surface area contributed by atoms with Crippen LogP contribution in [0.2, 0.25) is 0 Å². The van der Waals surface area contributed by atoms with Gasteiger partial charge in [-0.05, 0) is 12.1 Å². The van der Waals surface area contributed by atoms with Crippen LogP contribution in [-0.2, 0) is 0 Å². The van der Waals surface area contributed by atoms with Gasteiger partial charge in [-0.3, -0.25) is 14.4 Å². The molecular formula is C12H14N2O4. The maximum absolute atomic E-state index is 11.7. The highest BCUT2D eigenvalue weighted by Crippen LogP contribution is 2.25. The largest absolute Gasteiger partial charge is 0.495 e. The summed E-state index contributed by atoms with van der Waals surface area (Å²) < 4.78 is 5.08. The third-order valence-corrected chi connectivity index (χ3v) is 2.39. The Labute approximate surface area is 104 Å². The number of hydrogen-bond acceptors (Lipinski definition) is 4. The van der Waals surface area contributed by atoms with Crippen LogP contribution in [0.3, 0.4) is 0 Å². The standard InChI is InChI=1S/C12H14N2O4/c1-13-11(16)8-4-7(6-15)5-9(10(8)18-3)12(17)14-2/h4-6H,1-3H3,(H,13,16)(H,14,17). The molecule has 1 aromatic rings. The highest BCUT2D eigenvalue weighted by atomic mass is 16.5. The second-order valence-corrected chi connectivity index (χ2v) is 3.43. The van der Waals surface area contributed by atoms with E-state index >= 15 is 0 Å². The van der Waals surface area contributed by atoms with Crippen LogP contribution in [0, 0.1) is 0 Å². The highest BCUT2D eigenvalue weighted by Gasteiger charge is 2.20. The molecule has 0 bridgehead atoms. The zero-order valence-corrected chi connectivity index (χ0v) is 10.4. The van der Waals surface area contributed by atoms with Gasteiger partial charge in [0.25, 0.3) is 11.8 Å². The molecule has 0 radical (unpaired) electrons. The minimum absolute atomic E-state index is 0.138. The summed E-state index contributed by atoms with van der Waals surface area (Å²) in [4.78, 5) is 34.2.